The maximum atomic E-state index is 11.9. The van der Waals surface area contributed by atoms with Gasteiger partial charge in [0.1, 0.15) is 5.75 Å². The van der Waals surface area contributed by atoms with Crippen molar-refractivity contribution in [2.45, 2.75) is 32.1 Å². The van der Waals surface area contributed by atoms with Gasteiger partial charge in [0.25, 0.3) is 11.8 Å². The standard InChI is InChI=1S/C17H24ClN3O3/c18-14-6-8-15(9-7-14)24-13-17(23)20-19-16(22)12-21-10-4-2-1-3-5-11-21/h6-9H,1-5,10-13H2,(H,19,22)(H,20,23). The summed E-state index contributed by atoms with van der Waals surface area (Å²) in [5.74, 6) is -0.0807. The van der Waals surface area contributed by atoms with Gasteiger partial charge in [0, 0.05) is 5.02 Å². The van der Waals surface area contributed by atoms with Crippen molar-refractivity contribution in [2.24, 2.45) is 0 Å². The summed E-state index contributed by atoms with van der Waals surface area (Å²) in [5.41, 5.74) is 4.80. The molecule has 6 nitrogen and oxygen atoms in total. The maximum absolute atomic E-state index is 11.9. The first-order valence-corrected chi connectivity index (χ1v) is 8.70. The van der Waals surface area contributed by atoms with E-state index in [2.05, 4.69) is 15.8 Å². The van der Waals surface area contributed by atoms with E-state index in [1.54, 1.807) is 24.3 Å². The van der Waals surface area contributed by atoms with E-state index in [-0.39, 0.29) is 12.5 Å². The van der Waals surface area contributed by atoms with Crippen LogP contribution in [0.5, 0.6) is 5.75 Å². The van der Waals surface area contributed by atoms with Crippen LogP contribution in [0.25, 0.3) is 0 Å². The number of ether oxygens (including phenoxy) is 1. The molecule has 1 heterocycles. The fourth-order valence-electron chi connectivity index (χ4n) is 2.57. The van der Waals surface area contributed by atoms with Gasteiger partial charge >= 0.3 is 0 Å². The number of benzene rings is 1. The van der Waals surface area contributed by atoms with E-state index in [4.69, 9.17) is 16.3 Å². The number of amides is 2. The van der Waals surface area contributed by atoms with Gasteiger partial charge in [-0.2, -0.15) is 0 Å². The SMILES string of the molecule is O=C(COc1ccc(Cl)cc1)NNC(=O)CN1CCCCCCC1. The molecular formula is C17H24ClN3O3. The van der Waals surface area contributed by atoms with E-state index in [0.29, 0.717) is 17.3 Å². The lowest BCUT2D eigenvalue weighted by atomic mass is 10.1. The molecule has 0 saturated carbocycles. The zero-order valence-electron chi connectivity index (χ0n) is 13.7. The highest BCUT2D eigenvalue weighted by Gasteiger charge is 2.13. The largest absolute Gasteiger partial charge is 0.484 e. The summed E-state index contributed by atoms with van der Waals surface area (Å²) in [4.78, 5) is 25.7. The van der Waals surface area contributed by atoms with Crippen molar-refractivity contribution in [3.8, 4) is 5.75 Å². The van der Waals surface area contributed by atoms with Crippen molar-refractivity contribution in [3.05, 3.63) is 29.3 Å². The van der Waals surface area contributed by atoms with Gasteiger partial charge < -0.3 is 4.74 Å². The lowest BCUT2D eigenvalue weighted by molar-refractivity contribution is -0.130. The molecule has 7 heteroatoms. The van der Waals surface area contributed by atoms with Gasteiger partial charge in [-0.1, -0.05) is 30.9 Å². The summed E-state index contributed by atoms with van der Waals surface area (Å²) in [5, 5.41) is 0.600. The smallest absolute Gasteiger partial charge is 0.276 e. The molecule has 0 bridgehead atoms. The van der Waals surface area contributed by atoms with Crippen LogP contribution >= 0.6 is 11.6 Å². The summed E-state index contributed by atoms with van der Waals surface area (Å²) in [6.07, 6.45) is 5.96. The topological polar surface area (TPSA) is 70.7 Å². The molecule has 1 saturated heterocycles. The maximum Gasteiger partial charge on any atom is 0.276 e. The van der Waals surface area contributed by atoms with Crippen molar-refractivity contribution in [2.75, 3.05) is 26.2 Å². The zero-order chi connectivity index (χ0) is 17.2. The van der Waals surface area contributed by atoms with Crippen LogP contribution < -0.4 is 15.6 Å². The number of carbonyl (C=O) groups excluding carboxylic acids is 2. The van der Waals surface area contributed by atoms with E-state index in [1.165, 1.54) is 19.3 Å². The number of hydrogen-bond acceptors (Lipinski definition) is 4. The Labute approximate surface area is 147 Å². The van der Waals surface area contributed by atoms with E-state index < -0.39 is 5.91 Å². The first-order valence-electron chi connectivity index (χ1n) is 8.32. The van der Waals surface area contributed by atoms with Crippen LogP contribution in [-0.2, 0) is 9.59 Å². The fraction of sp³-hybridized carbons (Fsp3) is 0.529. The summed E-state index contributed by atoms with van der Waals surface area (Å²) < 4.78 is 5.30. The van der Waals surface area contributed by atoms with Crippen molar-refractivity contribution in [1.82, 2.24) is 15.8 Å². The minimum atomic E-state index is -0.411. The molecule has 132 valence electrons. The van der Waals surface area contributed by atoms with Gasteiger partial charge in [-0.15, -0.1) is 0 Å². The molecule has 0 unspecified atom stereocenters. The molecule has 1 aromatic carbocycles. The van der Waals surface area contributed by atoms with Gasteiger partial charge in [0.05, 0.1) is 6.54 Å². The van der Waals surface area contributed by atoms with Crippen molar-refractivity contribution < 1.29 is 14.3 Å². The molecule has 24 heavy (non-hydrogen) atoms. The van der Waals surface area contributed by atoms with Gasteiger partial charge in [-0.3, -0.25) is 25.3 Å². The second-order valence-corrected chi connectivity index (χ2v) is 6.32. The Balaban J connectivity index is 1.63. The van der Waals surface area contributed by atoms with E-state index in [0.717, 1.165) is 25.9 Å². The van der Waals surface area contributed by atoms with Crippen LogP contribution in [0.4, 0.5) is 0 Å². The molecule has 1 aliphatic heterocycles. The van der Waals surface area contributed by atoms with Crippen LogP contribution in [0.3, 0.4) is 0 Å². The molecule has 0 radical (unpaired) electrons. The molecule has 0 aromatic heterocycles. The molecule has 2 amide bonds. The molecule has 1 fully saturated rings. The summed E-state index contributed by atoms with van der Waals surface area (Å²) >= 11 is 5.77. The predicted molar refractivity (Wildman–Crippen MR) is 92.8 cm³/mol. The first-order chi connectivity index (χ1) is 11.6. The Morgan fingerprint density at radius 1 is 0.958 bits per heavy atom. The average Bonchev–Trinajstić information content (AvgIpc) is 2.55. The Kier molecular flexibility index (Phi) is 7.85. The van der Waals surface area contributed by atoms with Crippen molar-refractivity contribution >= 4 is 23.4 Å². The number of carbonyl (C=O) groups is 2. The number of halogens is 1. The Morgan fingerprint density at radius 3 is 2.21 bits per heavy atom. The Bertz CT molecular complexity index is 528. The molecule has 1 aromatic rings. The predicted octanol–water partition coefficient (Wildman–Crippen LogP) is 2.13. The highest BCUT2D eigenvalue weighted by molar-refractivity contribution is 6.30. The number of hydrazine groups is 1. The van der Waals surface area contributed by atoms with Crippen LogP contribution in [-0.4, -0.2) is 43.0 Å². The van der Waals surface area contributed by atoms with Gasteiger partial charge in [0.15, 0.2) is 6.61 Å². The number of likely N-dealkylation sites (tertiary alicyclic amines) is 1. The summed E-state index contributed by atoms with van der Waals surface area (Å²) in [7, 11) is 0. The van der Waals surface area contributed by atoms with Crippen molar-refractivity contribution in [3.63, 3.8) is 0 Å². The van der Waals surface area contributed by atoms with Gasteiger partial charge in [-0.25, -0.2) is 0 Å². The zero-order valence-corrected chi connectivity index (χ0v) is 14.5. The first kappa shape index (κ1) is 18.5. The minimum Gasteiger partial charge on any atom is -0.484 e. The van der Waals surface area contributed by atoms with Crippen LogP contribution in [0.2, 0.25) is 5.02 Å². The highest BCUT2D eigenvalue weighted by Crippen LogP contribution is 2.15. The van der Waals surface area contributed by atoms with Gasteiger partial charge in [0.2, 0.25) is 0 Å². The van der Waals surface area contributed by atoms with E-state index in [1.807, 2.05) is 0 Å². The molecule has 2 N–H and O–H groups in total. The second-order valence-electron chi connectivity index (χ2n) is 5.88. The third-order valence-corrected chi connectivity index (χ3v) is 4.09. The van der Waals surface area contributed by atoms with Crippen molar-refractivity contribution in [1.29, 1.82) is 0 Å². The van der Waals surface area contributed by atoms with E-state index in [9.17, 15) is 9.59 Å². The summed E-state index contributed by atoms with van der Waals surface area (Å²) in [6, 6.07) is 6.71. The van der Waals surface area contributed by atoms with Crippen LogP contribution in [0.15, 0.2) is 24.3 Å². The minimum absolute atomic E-state index is 0.175. The third-order valence-electron chi connectivity index (χ3n) is 3.84. The van der Waals surface area contributed by atoms with Gasteiger partial charge in [-0.05, 0) is 50.2 Å². The normalized spacial score (nSPS) is 15.9. The number of hydrogen-bond donors (Lipinski definition) is 2. The van der Waals surface area contributed by atoms with E-state index >= 15 is 0 Å². The molecule has 1 aliphatic rings. The molecule has 0 spiro atoms. The molecule has 2 rings (SSSR count). The molecular weight excluding hydrogens is 330 g/mol. The fourth-order valence-corrected chi connectivity index (χ4v) is 2.69. The lowest BCUT2D eigenvalue weighted by Gasteiger charge is -2.23. The Morgan fingerprint density at radius 2 is 1.54 bits per heavy atom. The quantitative estimate of drug-likeness (QED) is 0.796. The monoisotopic (exact) mass is 353 g/mol. The third kappa shape index (κ3) is 7.19. The summed E-state index contributed by atoms with van der Waals surface area (Å²) in [6.45, 7) is 1.99. The number of rotatable bonds is 5. The van der Waals surface area contributed by atoms with Crippen LogP contribution in [0.1, 0.15) is 32.1 Å². The Hall–Kier alpha value is -1.79. The number of nitrogens with zero attached hydrogens (tertiary/aromatic N) is 1. The highest BCUT2D eigenvalue weighted by atomic mass is 35.5. The van der Waals surface area contributed by atoms with Crippen LogP contribution in [0, 0.1) is 0 Å². The lowest BCUT2D eigenvalue weighted by Crippen LogP contribution is -2.48. The molecule has 0 aliphatic carbocycles. The second kappa shape index (κ2) is 10.2. The molecule has 0 atom stereocenters. The number of nitrogens with one attached hydrogen (secondary N) is 2. The average molecular weight is 354 g/mol.